The van der Waals surface area contributed by atoms with Gasteiger partial charge >= 0.3 is 0 Å². The smallest absolute Gasteiger partial charge is 0.274 e. The lowest BCUT2D eigenvalue weighted by molar-refractivity contribution is -0.385. The van der Waals surface area contributed by atoms with E-state index in [2.05, 4.69) is 15.5 Å². The van der Waals surface area contributed by atoms with Crippen molar-refractivity contribution in [3.8, 4) is 0 Å². The van der Waals surface area contributed by atoms with Gasteiger partial charge in [-0.25, -0.2) is 0 Å². The second-order valence-electron chi connectivity index (χ2n) is 6.70. The van der Waals surface area contributed by atoms with Crippen LogP contribution in [0.2, 0.25) is 0 Å². The molecule has 2 aromatic carbocycles. The van der Waals surface area contributed by atoms with Gasteiger partial charge in [-0.2, -0.15) is 0 Å². The van der Waals surface area contributed by atoms with Crippen LogP contribution in [-0.2, 0) is 4.79 Å². The molecule has 7 heteroatoms. The quantitative estimate of drug-likeness (QED) is 0.595. The van der Waals surface area contributed by atoms with E-state index in [1.165, 1.54) is 31.0 Å². The lowest BCUT2D eigenvalue weighted by atomic mass is 10.1. The average molecular weight is 368 g/mol. The molecule has 7 nitrogen and oxygen atoms in total. The van der Waals surface area contributed by atoms with Gasteiger partial charge in [0.25, 0.3) is 5.69 Å². The summed E-state index contributed by atoms with van der Waals surface area (Å²) < 4.78 is 0. The Morgan fingerprint density at radius 1 is 1.11 bits per heavy atom. The van der Waals surface area contributed by atoms with Gasteiger partial charge in [-0.15, -0.1) is 0 Å². The number of nitro groups is 1. The second kappa shape index (κ2) is 8.53. The summed E-state index contributed by atoms with van der Waals surface area (Å²) >= 11 is 0. The van der Waals surface area contributed by atoms with Crippen LogP contribution >= 0.6 is 0 Å². The third-order valence-corrected chi connectivity index (χ3v) is 4.81. The molecule has 1 heterocycles. The van der Waals surface area contributed by atoms with Gasteiger partial charge in [-0.1, -0.05) is 6.07 Å². The molecule has 0 bridgehead atoms. The highest BCUT2D eigenvalue weighted by Gasteiger charge is 2.14. The van der Waals surface area contributed by atoms with Gasteiger partial charge in [0.15, 0.2) is 0 Å². The van der Waals surface area contributed by atoms with E-state index < -0.39 is 4.92 Å². The number of anilines is 3. The van der Waals surface area contributed by atoms with Crippen LogP contribution in [0, 0.1) is 17.0 Å². The Balaban J connectivity index is 1.55. The molecule has 142 valence electrons. The van der Waals surface area contributed by atoms with E-state index in [9.17, 15) is 14.9 Å². The molecule has 0 atom stereocenters. The fraction of sp³-hybridized carbons (Fsp3) is 0.350. The van der Waals surface area contributed by atoms with Crippen molar-refractivity contribution in [3.05, 3.63) is 58.1 Å². The van der Waals surface area contributed by atoms with Crippen LogP contribution in [0.4, 0.5) is 22.7 Å². The zero-order valence-corrected chi connectivity index (χ0v) is 15.4. The van der Waals surface area contributed by atoms with Crippen LogP contribution in [-0.4, -0.2) is 30.5 Å². The zero-order chi connectivity index (χ0) is 19.2. The minimum atomic E-state index is -0.426. The molecule has 0 unspecified atom stereocenters. The topological polar surface area (TPSA) is 87.5 Å². The molecule has 2 N–H and O–H groups in total. The Morgan fingerprint density at radius 3 is 2.48 bits per heavy atom. The molecule has 1 aliphatic rings. The lowest BCUT2D eigenvalue weighted by Crippen LogP contribution is -2.29. The van der Waals surface area contributed by atoms with E-state index in [-0.39, 0.29) is 18.1 Å². The summed E-state index contributed by atoms with van der Waals surface area (Å²) in [4.78, 5) is 25.1. The SMILES string of the molecule is Cc1c(NCC(=O)Nc2ccc(N3CCCCC3)cc2)cccc1[N+](=O)[O-]. The van der Waals surface area contributed by atoms with Crippen molar-refractivity contribution in [2.45, 2.75) is 26.2 Å². The van der Waals surface area contributed by atoms with E-state index in [0.29, 0.717) is 11.3 Å². The first-order chi connectivity index (χ1) is 13.0. The van der Waals surface area contributed by atoms with Crippen molar-refractivity contribution in [1.82, 2.24) is 0 Å². The highest BCUT2D eigenvalue weighted by atomic mass is 16.6. The number of piperidine rings is 1. The normalized spacial score (nSPS) is 13.9. The van der Waals surface area contributed by atoms with Crippen molar-refractivity contribution < 1.29 is 9.72 Å². The maximum atomic E-state index is 12.2. The fourth-order valence-corrected chi connectivity index (χ4v) is 3.30. The molecule has 0 spiro atoms. The van der Waals surface area contributed by atoms with E-state index in [4.69, 9.17) is 0 Å². The summed E-state index contributed by atoms with van der Waals surface area (Å²) in [5.41, 5.74) is 3.05. The van der Waals surface area contributed by atoms with Crippen LogP contribution in [0.15, 0.2) is 42.5 Å². The number of nitrogens with zero attached hydrogens (tertiary/aromatic N) is 2. The van der Waals surface area contributed by atoms with Gasteiger partial charge < -0.3 is 15.5 Å². The molecule has 0 saturated carbocycles. The number of nitro benzene ring substituents is 1. The maximum Gasteiger partial charge on any atom is 0.274 e. The summed E-state index contributed by atoms with van der Waals surface area (Å²) in [6.07, 6.45) is 3.74. The Kier molecular flexibility index (Phi) is 5.90. The van der Waals surface area contributed by atoms with Crippen LogP contribution in [0.25, 0.3) is 0 Å². The molecule has 1 saturated heterocycles. The van der Waals surface area contributed by atoms with E-state index in [0.717, 1.165) is 18.8 Å². The van der Waals surface area contributed by atoms with Crippen LogP contribution in [0.5, 0.6) is 0 Å². The van der Waals surface area contributed by atoms with Crippen LogP contribution < -0.4 is 15.5 Å². The number of hydrogen-bond donors (Lipinski definition) is 2. The zero-order valence-electron chi connectivity index (χ0n) is 15.4. The minimum Gasteiger partial charge on any atom is -0.376 e. The number of benzene rings is 2. The summed E-state index contributed by atoms with van der Waals surface area (Å²) in [5.74, 6) is -0.202. The predicted molar refractivity (Wildman–Crippen MR) is 107 cm³/mol. The first kappa shape index (κ1) is 18.7. The largest absolute Gasteiger partial charge is 0.376 e. The molecule has 0 aromatic heterocycles. The van der Waals surface area contributed by atoms with Crippen LogP contribution in [0.1, 0.15) is 24.8 Å². The first-order valence-electron chi connectivity index (χ1n) is 9.17. The molecule has 0 aliphatic carbocycles. The summed E-state index contributed by atoms with van der Waals surface area (Å²) in [5, 5.41) is 16.8. The molecule has 2 aromatic rings. The predicted octanol–water partition coefficient (Wildman–Crippen LogP) is 3.94. The van der Waals surface area contributed by atoms with Crippen LogP contribution in [0.3, 0.4) is 0 Å². The Labute approximate surface area is 158 Å². The van der Waals surface area contributed by atoms with Crippen molar-refractivity contribution in [3.63, 3.8) is 0 Å². The van der Waals surface area contributed by atoms with Crippen molar-refractivity contribution in [1.29, 1.82) is 0 Å². The molecule has 1 aliphatic heterocycles. The molecule has 0 radical (unpaired) electrons. The third-order valence-electron chi connectivity index (χ3n) is 4.81. The Morgan fingerprint density at radius 2 is 1.81 bits per heavy atom. The first-order valence-corrected chi connectivity index (χ1v) is 9.17. The number of carbonyl (C=O) groups is 1. The highest BCUT2D eigenvalue weighted by Crippen LogP contribution is 2.25. The standard InChI is InChI=1S/C20H24N4O3/c1-15-18(6-5-7-19(15)24(26)27)21-14-20(25)22-16-8-10-17(11-9-16)23-12-3-2-4-13-23/h5-11,21H,2-4,12-14H2,1H3,(H,22,25). The number of amides is 1. The molecule has 1 fully saturated rings. The number of nitrogens with one attached hydrogen (secondary N) is 2. The minimum absolute atomic E-state index is 0.0358. The molecular weight excluding hydrogens is 344 g/mol. The summed E-state index contributed by atoms with van der Waals surface area (Å²) in [6, 6.07) is 12.6. The molecule has 3 rings (SSSR count). The van der Waals surface area contributed by atoms with Gasteiger partial charge in [0.05, 0.1) is 11.5 Å². The third kappa shape index (κ3) is 4.75. The van der Waals surface area contributed by atoms with Crippen molar-refractivity contribution in [2.75, 3.05) is 35.2 Å². The fourth-order valence-electron chi connectivity index (χ4n) is 3.30. The van der Waals surface area contributed by atoms with E-state index in [1.54, 1.807) is 19.1 Å². The van der Waals surface area contributed by atoms with E-state index >= 15 is 0 Å². The van der Waals surface area contributed by atoms with Gasteiger partial charge in [0.2, 0.25) is 5.91 Å². The van der Waals surface area contributed by atoms with Crippen molar-refractivity contribution >= 4 is 28.7 Å². The monoisotopic (exact) mass is 368 g/mol. The molecular formula is C20H24N4O3. The average Bonchev–Trinajstić information content (AvgIpc) is 2.68. The Hall–Kier alpha value is -3.09. The number of rotatable bonds is 6. The number of hydrogen-bond acceptors (Lipinski definition) is 5. The molecule has 27 heavy (non-hydrogen) atoms. The van der Waals surface area contributed by atoms with Gasteiger partial charge in [0, 0.05) is 41.8 Å². The summed E-state index contributed by atoms with van der Waals surface area (Å²) in [6.45, 7) is 3.87. The maximum absolute atomic E-state index is 12.2. The summed E-state index contributed by atoms with van der Waals surface area (Å²) in [7, 11) is 0. The van der Waals surface area contributed by atoms with Gasteiger partial charge in [-0.05, 0) is 56.5 Å². The lowest BCUT2D eigenvalue weighted by Gasteiger charge is -2.28. The molecule has 1 amide bonds. The number of carbonyl (C=O) groups excluding carboxylic acids is 1. The van der Waals surface area contributed by atoms with Crippen molar-refractivity contribution in [2.24, 2.45) is 0 Å². The van der Waals surface area contributed by atoms with Gasteiger partial charge in [0.1, 0.15) is 0 Å². The Bertz CT molecular complexity index is 814. The van der Waals surface area contributed by atoms with Gasteiger partial charge in [-0.3, -0.25) is 14.9 Å². The van der Waals surface area contributed by atoms with E-state index in [1.807, 2.05) is 24.3 Å². The second-order valence-corrected chi connectivity index (χ2v) is 6.70. The highest BCUT2D eigenvalue weighted by molar-refractivity contribution is 5.94.